The van der Waals surface area contributed by atoms with Gasteiger partial charge in [-0.1, -0.05) is 18.2 Å². The summed E-state index contributed by atoms with van der Waals surface area (Å²) in [6.45, 7) is 3.86. The van der Waals surface area contributed by atoms with E-state index in [9.17, 15) is 4.79 Å². The fourth-order valence-electron chi connectivity index (χ4n) is 2.52. The number of piperidine rings is 1. The minimum Gasteiger partial charge on any atom is -0.496 e. The van der Waals surface area contributed by atoms with Crippen molar-refractivity contribution in [3.05, 3.63) is 29.8 Å². The van der Waals surface area contributed by atoms with Gasteiger partial charge in [-0.3, -0.25) is 4.79 Å². The molecule has 0 spiro atoms. The smallest absolute Gasteiger partial charge is 0.223 e. The van der Waals surface area contributed by atoms with Crippen LogP contribution in [-0.4, -0.2) is 26.1 Å². The van der Waals surface area contributed by atoms with Gasteiger partial charge >= 0.3 is 0 Å². The van der Waals surface area contributed by atoms with Crippen molar-refractivity contribution in [2.75, 3.05) is 20.2 Å². The lowest BCUT2D eigenvalue weighted by atomic mass is 9.96. The number of methoxy groups -OCH3 is 1. The van der Waals surface area contributed by atoms with Gasteiger partial charge < -0.3 is 15.4 Å². The average molecular weight is 262 g/mol. The van der Waals surface area contributed by atoms with E-state index in [4.69, 9.17) is 4.74 Å². The van der Waals surface area contributed by atoms with Crippen molar-refractivity contribution in [1.29, 1.82) is 0 Å². The first-order chi connectivity index (χ1) is 9.22. The SMILES string of the molecule is COc1ccccc1C(C)NC(=O)C1CCNCC1. The van der Waals surface area contributed by atoms with Crippen LogP contribution in [0, 0.1) is 5.92 Å². The molecule has 0 bridgehead atoms. The molecule has 0 aliphatic carbocycles. The number of carbonyl (C=O) groups is 1. The van der Waals surface area contributed by atoms with Crippen molar-refractivity contribution in [3.8, 4) is 5.75 Å². The number of amides is 1. The zero-order valence-corrected chi connectivity index (χ0v) is 11.6. The summed E-state index contributed by atoms with van der Waals surface area (Å²) in [7, 11) is 1.65. The first-order valence-electron chi connectivity index (χ1n) is 6.86. The molecule has 1 amide bonds. The Morgan fingerprint density at radius 3 is 2.74 bits per heavy atom. The highest BCUT2D eigenvalue weighted by Gasteiger charge is 2.23. The van der Waals surface area contributed by atoms with E-state index in [1.54, 1.807) is 7.11 Å². The van der Waals surface area contributed by atoms with E-state index in [1.807, 2.05) is 31.2 Å². The topological polar surface area (TPSA) is 50.4 Å². The molecule has 104 valence electrons. The Kier molecular flexibility index (Phi) is 4.80. The number of benzene rings is 1. The summed E-state index contributed by atoms with van der Waals surface area (Å²) < 4.78 is 5.33. The Labute approximate surface area is 114 Å². The van der Waals surface area contributed by atoms with Gasteiger partial charge in [0.15, 0.2) is 0 Å². The van der Waals surface area contributed by atoms with Gasteiger partial charge in [0.25, 0.3) is 0 Å². The van der Waals surface area contributed by atoms with Crippen LogP contribution in [0.2, 0.25) is 0 Å². The summed E-state index contributed by atoms with van der Waals surface area (Å²) in [6.07, 6.45) is 1.84. The Bertz CT molecular complexity index is 428. The maximum Gasteiger partial charge on any atom is 0.223 e. The highest BCUT2D eigenvalue weighted by molar-refractivity contribution is 5.79. The molecule has 1 aliphatic rings. The van der Waals surface area contributed by atoms with E-state index in [2.05, 4.69) is 10.6 Å². The second kappa shape index (κ2) is 6.57. The standard InChI is InChI=1S/C15H22N2O2/c1-11(13-5-3-4-6-14(13)19-2)17-15(18)12-7-9-16-10-8-12/h3-6,11-12,16H,7-10H2,1-2H3,(H,17,18). The second-order valence-electron chi connectivity index (χ2n) is 5.00. The van der Waals surface area contributed by atoms with Crippen molar-refractivity contribution in [3.63, 3.8) is 0 Å². The van der Waals surface area contributed by atoms with E-state index >= 15 is 0 Å². The third-order valence-electron chi connectivity index (χ3n) is 3.67. The Morgan fingerprint density at radius 1 is 1.37 bits per heavy atom. The summed E-state index contributed by atoms with van der Waals surface area (Å²) in [5.74, 6) is 1.11. The molecule has 4 heteroatoms. The second-order valence-corrected chi connectivity index (χ2v) is 5.00. The van der Waals surface area contributed by atoms with Crippen LogP contribution < -0.4 is 15.4 Å². The van der Waals surface area contributed by atoms with E-state index < -0.39 is 0 Å². The number of nitrogens with one attached hydrogen (secondary N) is 2. The monoisotopic (exact) mass is 262 g/mol. The lowest BCUT2D eigenvalue weighted by molar-refractivity contribution is -0.126. The van der Waals surface area contributed by atoms with Crippen LogP contribution in [0.25, 0.3) is 0 Å². The maximum atomic E-state index is 12.2. The average Bonchev–Trinajstić information content (AvgIpc) is 2.48. The van der Waals surface area contributed by atoms with Crippen molar-refractivity contribution in [2.24, 2.45) is 5.92 Å². The molecule has 2 N–H and O–H groups in total. The van der Waals surface area contributed by atoms with Gasteiger partial charge in [0.05, 0.1) is 13.2 Å². The molecule has 2 rings (SSSR count). The van der Waals surface area contributed by atoms with Gasteiger partial charge in [-0.15, -0.1) is 0 Å². The van der Waals surface area contributed by atoms with E-state index in [1.165, 1.54) is 0 Å². The molecule has 1 aromatic carbocycles. The lowest BCUT2D eigenvalue weighted by Gasteiger charge is -2.24. The van der Waals surface area contributed by atoms with Crippen LogP contribution in [0.4, 0.5) is 0 Å². The minimum absolute atomic E-state index is 0.0291. The third-order valence-corrected chi connectivity index (χ3v) is 3.67. The molecule has 1 unspecified atom stereocenters. The lowest BCUT2D eigenvalue weighted by Crippen LogP contribution is -2.39. The molecule has 1 atom stereocenters. The summed E-state index contributed by atoms with van der Waals surface area (Å²) in [4.78, 5) is 12.2. The van der Waals surface area contributed by atoms with Crippen LogP contribution >= 0.6 is 0 Å². The normalized spacial score (nSPS) is 17.8. The molecular formula is C15H22N2O2. The van der Waals surface area contributed by atoms with Gasteiger partial charge in [-0.25, -0.2) is 0 Å². The highest BCUT2D eigenvalue weighted by atomic mass is 16.5. The zero-order chi connectivity index (χ0) is 13.7. The van der Waals surface area contributed by atoms with E-state index in [0.717, 1.165) is 37.2 Å². The number of hydrogen-bond acceptors (Lipinski definition) is 3. The first-order valence-corrected chi connectivity index (χ1v) is 6.86. The van der Waals surface area contributed by atoms with Crippen molar-refractivity contribution >= 4 is 5.91 Å². The van der Waals surface area contributed by atoms with Gasteiger partial charge in [0.1, 0.15) is 5.75 Å². The fraction of sp³-hybridized carbons (Fsp3) is 0.533. The zero-order valence-electron chi connectivity index (χ0n) is 11.6. The van der Waals surface area contributed by atoms with Crippen LogP contribution in [0.15, 0.2) is 24.3 Å². The Balaban J connectivity index is 1.99. The van der Waals surface area contributed by atoms with Gasteiger partial charge in [0, 0.05) is 11.5 Å². The summed E-state index contributed by atoms with van der Waals surface area (Å²) >= 11 is 0. The summed E-state index contributed by atoms with van der Waals surface area (Å²) in [6, 6.07) is 7.78. The molecule has 19 heavy (non-hydrogen) atoms. The predicted octanol–water partition coefficient (Wildman–Crippen LogP) is 1.87. The molecule has 1 heterocycles. The quantitative estimate of drug-likeness (QED) is 0.871. The van der Waals surface area contributed by atoms with Crippen LogP contribution in [0.3, 0.4) is 0 Å². The fourth-order valence-corrected chi connectivity index (χ4v) is 2.52. The van der Waals surface area contributed by atoms with Gasteiger partial charge in [-0.2, -0.15) is 0 Å². The molecule has 1 saturated heterocycles. The molecule has 4 nitrogen and oxygen atoms in total. The number of hydrogen-bond donors (Lipinski definition) is 2. The molecule has 0 radical (unpaired) electrons. The third kappa shape index (κ3) is 3.47. The van der Waals surface area contributed by atoms with Gasteiger partial charge in [-0.05, 0) is 38.9 Å². The number of ether oxygens (including phenoxy) is 1. The van der Waals surface area contributed by atoms with Crippen molar-refractivity contribution < 1.29 is 9.53 Å². The number of carbonyl (C=O) groups excluding carboxylic acids is 1. The Hall–Kier alpha value is -1.55. The van der Waals surface area contributed by atoms with Gasteiger partial charge in [0.2, 0.25) is 5.91 Å². The first kappa shape index (κ1) is 13.9. The van der Waals surface area contributed by atoms with Crippen LogP contribution in [-0.2, 0) is 4.79 Å². The maximum absolute atomic E-state index is 12.2. The molecular weight excluding hydrogens is 240 g/mol. The van der Waals surface area contributed by atoms with Crippen LogP contribution in [0.1, 0.15) is 31.4 Å². The molecule has 0 aromatic heterocycles. The Morgan fingerprint density at radius 2 is 2.05 bits per heavy atom. The number of rotatable bonds is 4. The van der Waals surface area contributed by atoms with Crippen molar-refractivity contribution in [2.45, 2.75) is 25.8 Å². The highest BCUT2D eigenvalue weighted by Crippen LogP contribution is 2.25. The molecule has 1 fully saturated rings. The van der Waals surface area contributed by atoms with E-state index in [-0.39, 0.29) is 17.9 Å². The van der Waals surface area contributed by atoms with Crippen LogP contribution in [0.5, 0.6) is 5.75 Å². The minimum atomic E-state index is -0.0291. The van der Waals surface area contributed by atoms with Crippen molar-refractivity contribution in [1.82, 2.24) is 10.6 Å². The largest absolute Gasteiger partial charge is 0.496 e. The molecule has 1 aromatic rings. The summed E-state index contributed by atoms with van der Waals surface area (Å²) in [5, 5.41) is 6.37. The number of para-hydroxylation sites is 1. The molecule has 1 aliphatic heterocycles. The van der Waals surface area contributed by atoms with E-state index in [0.29, 0.717) is 0 Å². The molecule has 0 saturated carbocycles. The predicted molar refractivity (Wildman–Crippen MR) is 75.1 cm³/mol. The summed E-state index contributed by atoms with van der Waals surface area (Å²) in [5.41, 5.74) is 1.02.